The van der Waals surface area contributed by atoms with Crippen LogP contribution in [0.1, 0.15) is 0 Å². The molecular formula is C22H22FN7O. The minimum atomic E-state index is -0.197. The molecule has 0 unspecified atom stereocenters. The summed E-state index contributed by atoms with van der Waals surface area (Å²) in [6.07, 6.45) is 1.71. The van der Waals surface area contributed by atoms with Crippen LogP contribution in [0, 0.1) is 5.82 Å². The van der Waals surface area contributed by atoms with Gasteiger partial charge in [0.1, 0.15) is 17.4 Å². The summed E-state index contributed by atoms with van der Waals surface area (Å²) in [5.41, 5.74) is 2.18. The average molecular weight is 419 g/mol. The molecule has 1 aliphatic rings. The molecule has 31 heavy (non-hydrogen) atoms. The van der Waals surface area contributed by atoms with Crippen LogP contribution in [0.5, 0.6) is 5.75 Å². The number of ether oxygens (including phenoxy) is 1. The van der Waals surface area contributed by atoms with Crippen molar-refractivity contribution in [3.05, 3.63) is 60.5 Å². The van der Waals surface area contributed by atoms with Crippen LogP contribution in [0.15, 0.2) is 54.7 Å². The van der Waals surface area contributed by atoms with Crippen molar-refractivity contribution in [2.24, 2.45) is 0 Å². The Labute approximate surface area is 178 Å². The van der Waals surface area contributed by atoms with E-state index in [1.165, 1.54) is 6.07 Å². The molecule has 4 aromatic rings. The van der Waals surface area contributed by atoms with E-state index in [4.69, 9.17) is 9.72 Å². The third-order valence-corrected chi connectivity index (χ3v) is 5.41. The summed E-state index contributed by atoms with van der Waals surface area (Å²) in [6.45, 7) is 2.75. The van der Waals surface area contributed by atoms with Gasteiger partial charge >= 0.3 is 0 Å². The van der Waals surface area contributed by atoms with Crippen molar-refractivity contribution < 1.29 is 9.13 Å². The molecule has 158 valence electrons. The number of aromatic amines is 1. The molecule has 2 aromatic carbocycles. The van der Waals surface area contributed by atoms with Gasteiger partial charge in [0.2, 0.25) is 5.95 Å². The molecule has 2 N–H and O–H groups in total. The fourth-order valence-electron chi connectivity index (χ4n) is 3.73. The Morgan fingerprint density at radius 1 is 0.968 bits per heavy atom. The van der Waals surface area contributed by atoms with Gasteiger partial charge in [-0.05, 0) is 36.4 Å². The van der Waals surface area contributed by atoms with E-state index in [0.29, 0.717) is 49.3 Å². The highest BCUT2D eigenvalue weighted by atomic mass is 19.1. The van der Waals surface area contributed by atoms with E-state index in [1.807, 2.05) is 36.4 Å². The van der Waals surface area contributed by atoms with Gasteiger partial charge in [-0.1, -0.05) is 12.1 Å². The molecule has 2 aromatic heterocycles. The third kappa shape index (κ3) is 3.81. The van der Waals surface area contributed by atoms with Gasteiger partial charge in [-0.25, -0.2) is 4.39 Å². The zero-order chi connectivity index (χ0) is 21.2. The number of fused-ring (bicyclic) bond motifs is 1. The van der Waals surface area contributed by atoms with Crippen LogP contribution in [0.4, 0.5) is 27.5 Å². The van der Waals surface area contributed by atoms with Crippen LogP contribution < -0.4 is 19.9 Å². The first kappa shape index (κ1) is 19.1. The maximum absolute atomic E-state index is 14.1. The second-order valence-corrected chi connectivity index (χ2v) is 7.28. The van der Waals surface area contributed by atoms with E-state index in [2.05, 4.69) is 30.3 Å². The van der Waals surface area contributed by atoms with Crippen molar-refractivity contribution in [2.45, 2.75) is 0 Å². The molecule has 9 heteroatoms. The maximum Gasteiger partial charge on any atom is 0.229 e. The Hall–Kier alpha value is -3.88. The largest absolute Gasteiger partial charge is 0.497 e. The van der Waals surface area contributed by atoms with Crippen molar-refractivity contribution in [2.75, 3.05) is 48.4 Å². The van der Waals surface area contributed by atoms with Crippen molar-refractivity contribution in [1.82, 2.24) is 20.2 Å². The molecule has 1 aliphatic heterocycles. The van der Waals surface area contributed by atoms with E-state index in [-0.39, 0.29) is 5.82 Å². The van der Waals surface area contributed by atoms with Crippen LogP contribution in [-0.2, 0) is 0 Å². The van der Waals surface area contributed by atoms with Gasteiger partial charge in [0.25, 0.3) is 0 Å². The molecule has 0 spiro atoms. The number of para-hydroxylation sites is 1. The maximum atomic E-state index is 14.1. The number of hydrogen-bond acceptors (Lipinski definition) is 7. The molecule has 1 saturated heterocycles. The minimum absolute atomic E-state index is 0.197. The number of nitrogens with zero attached hydrogens (tertiary/aromatic N) is 5. The first-order valence-corrected chi connectivity index (χ1v) is 10.1. The second kappa shape index (κ2) is 8.10. The molecule has 0 aliphatic carbocycles. The summed E-state index contributed by atoms with van der Waals surface area (Å²) >= 11 is 0. The van der Waals surface area contributed by atoms with Gasteiger partial charge < -0.3 is 19.9 Å². The number of H-pyrrole nitrogens is 1. The minimum Gasteiger partial charge on any atom is -0.497 e. The highest BCUT2D eigenvalue weighted by Gasteiger charge is 2.22. The van der Waals surface area contributed by atoms with Gasteiger partial charge in [-0.15, -0.1) is 0 Å². The topological polar surface area (TPSA) is 82.2 Å². The van der Waals surface area contributed by atoms with Crippen LogP contribution >= 0.6 is 0 Å². The molecule has 5 rings (SSSR count). The van der Waals surface area contributed by atoms with Crippen LogP contribution in [0.25, 0.3) is 11.0 Å². The van der Waals surface area contributed by atoms with Crippen molar-refractivity contribution in [1.29, 1.82) is 0 Å². The number of piperazine rings is 1. The number of aromatic nitrogens is 4. The van der Waals surface area contributed by atoms with Gasteiger partial charge in [0, 0.05) is 31.9 Å². The number of rotatable bonds is 5. The monoisotopic (exact) mass is 419 g/mol. The van der Waals surface area contributed by atoms with Gasteiger partial charge in [0.05, 0.1) is 24.4 Å². The Bertz CT molecular complexity index is 1190. The second-order valence-electron chi connectivity index (χ2n) is 7.28. The highest BCUT2D eigenvalue weighted by Crippen LogP contribution is 2.27. The molecule has 0 saturated carbocycles. The van der Waals surface area contributed by atoms with Gasteiger partial charge in [-0.2, -0.15) is 15.1 Å². The first-order valence-electron chi connectivity index (χ1n) is 10.1. The Kier molecular flexibility index (Phi) is 4.99. The van der Waals surface area contributed by atoms with Gasteiger partial charge in [-0.3, -0.25) is 5.10 Å². The van der Waals surface area contributed by atoms with Crippen LogP contribution in [0.2, 0.25) is 0 Å². The molecule has 0 amide bonds. The lowest BCUT2D eigenvalue weighted by Crippen LogP contribution is -2.47. The zero-order valence-corrected chi connectivity index (χ0v) is 17.0. The number of anilines is 4. The average Bonchev–Trinajstić information content (AvgIpc) is 3.29. The molecule has 0 radical (unpaired) electrons. The third-order valence-electron chi connectivity index (χ3n) is 5.41. The van der Waals surface area contributed by atoms with Gasteiger partial charge in [0.15, 0.2) is 5.65 Å². The summed E-state index contributed by atoms with van der Waals surface area (Å²) in [7, 11) is 1.64. The summed E-state index contributed by atoms with van der Waals surface area (Å²) in [4.78, 5) is 13.6. The molecule has 3 heterocycles. The van der Waals surface area contributed by atoms with Crippen molar-refractivity contribution in [3.8, 4) is 5.75 Å². The fraction of sp³-hybridized carbons (Fsp3) is 0.227. The molecule has 0 atom stereocenters. The Morgan fingerprint density at radius 3 is 2.45 bits per heavy atom. The fourth-order valence-corrected chi connectivity index (χ4v) is 3.73. The summed E-state index contributed by atoms with van der Waals surface area (Å²) < 4.78 is 19.4. The quantitative estimate of drug-likeness (QED) is 0.512. The lowest BCUT2D eigenvalue weighted by atomic mass is 10.2. The normalized spacial score (nSPS) is 14.1. The highest BCUT2D eigenvalue weighted by molar-refractivity contribution is 5.89. The predicted molar refractivity (Wildman–Crippen MR) is 119 cm³/mol. The Balaban J connectivity index is 1.37. The summed E-state index contributed by atoms with van der Waals surface area (Å²) in [5, 5.41) is 11.2. The zero-order valence-electron chi connectivity index (χ0n) is 17.0. The van der Waals surface area contributed by atoms with E-state index in [9.17, 15) is 4.39 Å². The molecule has 8 nitrogen and oxygen atoms in total. The van der Waals surface area contributed by atoms with Crippen molar-refractivity contribution in [3.63, 3.8) is 0 Å². The predicted octanol–water partition coefficient (Wildman–Crippen LogP) is 3.57. The summed E-state index contributed by atoms with van der Waals surface area (Å²) in [5.74, 6) is 1.88. The number of benzene rings is 2. The lowest BCUT2D eigenvalue weighted by molar-refractivity contribution is 0.415. The smallest absolute Gasteiger partial charge is 0.229 e. The SMILES string of the molecule is COc1ccc(Nc2nc(N3CCN(c4ccccc4F)CC3)nc3[nH]ncc23)cc1. The first-order chi connectivity index (χ1) is 15.2. The summed E-state index contributed by atoms with van der Waals surface area (Å²) in [6, 6.07) is 14.5. The van der Waals surface area contributed by atoms with E-state index >= 15 is 0 Å². The number of halogens is 1. The Morgan fingerprint density at radius 2 is 1.71 bits per heavy atom. The lowest BCUT2D eigenvalue weighted by Gasteiger charge is -2.36. The number of hydrogen-bond donors (Lipinski definition) is 2. The van der Waals surface area contributed by atoms with E-state index in [0.717, 1.165) is 16.8 Å². The standard InChI is InChI=1S/C22H22FN7O/c1-31-16-8-6-15(7-9-16)25-20-17-14-24-28-21(17)27-22(26-20)30-12-10-29(11-13-30)19-5-3-2-4-18(19)23/h2-9,14H,10-13H2,1H3,(H2,24,25,26,27,28). The molecular weight excluding hydrogens is 397 g/mol. The van der Waals surface area contributed by atoms with Crippen LogP contribution in [-0.4, -0.2) is 53.5 Å². The van der Waals surface area contributed by atoms with E-state index in [1.54, 1.807) is 19.4 Å². The number of nitrogens with one attached hydrogen (secondary N) is 2. The van der Waals surface area contributed by atoms with Crippen LogP contribution in [0.3, 0.4) is 0 Å². The van der Waals surface area contributed by atoms with E-state index < -0.39 is 0 Å². The molecule has 1 fully saturated rings. The molecule has 0 bridgehead atoms. The van der Waals surface area contributed by atoms with Crippen molar-refractivity contribution >= 4 is 34.2 Å². The number of methoxy groups -OCH3 is 1.